The molecule has 0 bridgehead atoms. The molecule has 0 saturated carbocycles. The van der Waals surface area contributed by atoms with Crippen LogP contribution in [0.15, 0.2) is 30.3 Å². The van der Waals surface area contributed by atoms with E-state index in [1.165, 1.54) is 6.08 Å². The van der Waals surface area contributed by atoms with Crippen LogP contribution >= 0.6 is 11.6 Å². The number of carbonyl (C=O) groups excluding carboxylic acids is 1. The Kier molecular flexibility index (Phi) is 8.73. The number of methoxy groups -OCH3 is 1. The summed E-state index contributed by atoms with van der Waals surface area (Å²) in [6, 6.07) is 8.05. The van der Waals surface area contributed by atoms with E-state index in [0.29, 0.717) is 30.8 Å². The predicted molar refractivity (Wildman–Crippen MR) is 127 cm³/mol. The number of aryl methyl sites for hydroxylation is 1. The topological polar surface area (TPSA) is 68.6 Å². The van der Waals surface area contributed by atoms with Gasteiger partial charge in [0.15, 0.2) is 0 Å². The van der Waals surface area contributed by atoms with Crippen molar-refractivity contribution < 1.29 is 14.3 Å². The zero-order valence-corrected chi connectivity index (χ0v) is 20.1. The number of amides is 1. The van der Waals surface area contributed by atoms with Crippen molar-refractivity contribution in [3.05, 3.63) is 52.3 Å². The van der Waals surface area contributed by atoms with Gasteiger partial charge in [-0.05, 0) is 36.6 Å². The van der Waals surface area contributed by atoms with Crippen LogP contribution in [-0.2, 0) is 16.1 Å². The van der Waals surface area contributed by atoms with Crippen LogP contribution in [0.1, 0.15) is 36.7 Å². The van der Waals surface area contributed by atoms with Gasteiger partial charge in [0, 0.05) is 37.8 Å². The number of morpholine rings is 1. The second kappa shape index (κ2) is 11.5. The number of nitrogens with one attached hydrogen (secondary N) is 1. The Bertz CT molecular complexity index is 918. The van der Waals surface area contributed by atoms with Crippen LogP contribution < -0.4 is 10.1 Å². The number of aromatic nitrogens is 2. The fourth-order valence-electron chi connectivity index (χ4n) is 3.81. The Hall–Kier alpha value is -2.35. The zero-order valence-electron chi connectivity index (χ0n) is 19.3. The summed E-state index contributed by atoms with van der Waals surface area (Å²) in [5, 5.41) is 8.10. The Morgan fingerprint density at radius 1 is 1.28 bits per heavy atom. The second-order valence-corrected chi connectivity index (χ2v) is 8.74. The maximum Gasteiger partial charge on any atom is 0.244 e. The molecule has 1 aliphatic heterocycles. The number of nitrogens with zero attached hydrogens (tertiary/aromatic N) is 3. The largest absolute Gasteiger partial charge is 0.497 e. The summed E-state index contributed by atoms with van der Waals surface area (Å²) in [5.41, 5.74) is 2.72. The minimum Gasteiger partial charge on any atom is -0.497 e. The Balaban J connectivity index is 1.67. The first kappa shape index (κ1) is 24.3. The maximum atomic E-state index is 12.6. The summed E-state index contributed by atoms with van der Waals surface area (Å²) in [5.74, 6) is 1.08. The fraction of sp³-hybridized carbons (Fsp3) is 0.500. The quantitative estimate of drug-likeness (QED) is 0.578. The minimum atomic E-state index is -0.163. The summed E-state index contributed by atoms with van der Waals surface area (Å²) in [7, 11) is 1.65. The fourth-order valence-corrected chi connectivity index (χ4v) is 4.12. The molecule has 1 aliphatic rings. The van der Waals surface area contributed by atoms with Gasteiger partial charge in [-0.25, -0.2) is 0 Å². The summed E-state index contributed by atoms with van der Waals surface area (Å²) in [6.07, 6.45) is 3.27. The van der Waals surface area contributed by atoms with Crippen LogP contribution in [-0.4, -0.2) is 60.5 Å². The highest BCUT2D eigenvalue weighted by Gasteiger charge is 2.23. The molecule has 2 heterocycles. The van der Waals surface area contributed by atoms with Crippen LogP contribution in [0.4, 0.5) is 0 Å². The van der Waals surface area contributed by atoms with E-state index in [2.05, 4.69) is 29.2 Å². The lowest BCUT2D eigenvalue weighted by molar-refractivity contribution is -0.116. The summed E-state index contributed by atoms with van der Waals surface area (Å²) in [4.78, 5) is 15.0. The highest BCUT2D eigenvalue weighted by molar-refractivity contribution is 6.31. The van der Waals surface area contributed by atoms with Crippen molar-refractivity contribution >= 4 is 23.6 Å². The molecule has 174 valence electrons. The number of halogens is 1. The highest BCUT2D eigenvalue weighted by Crippen LogP contribution is 2.24. The van der Waals surface area contributed by atoms with E-state index in [0.717, 1.165) is 42.2 Å². The standard InChI is InChI=1S/C24H33ClN4O3/c1-17(2)16-29-24(25)21(18(3)27-29)9-10-23(30)26-15-22(28-11-13-32-14-12-28)19-5-7-20(31-4)8-6-19/h5-10,17,22H,11-16H2,1-4H3,(H,26,30)/b10-9+. The van der Waals surface area contributed by atoms with Crippen molar-refractivity contribution in [1.29, 1.82) is 0 Å². The molecule has 7 nitrogen and oxygen atoms in total. The van der Waals surface area contributed by atoms with Crippen molar-refractivity contribution in [2.45, 2.75) is 33.4 Å². The molecule has 1 unspecified atom stereocenters. The maximum absolute atomic E-state index is 12.6. The van der Waals surface area contributed by atoms with Gasteiger partial charge in [0.05, 0.1) is 32.1 Å². The third-order valence-corrected chi connectivity index (χ3v) is 5.90. The van der Waals surface area contributed by atoms with E-state index in [4.69, 9.17) is 21.1 Å². The van der Waals surface area contributed by atoms with Gasteiger partial charge in [0.25, 0.3) is 0 Å². The third kappa shape index (κ3) is 6.34. The number of carbonyl (C=O) groups is 1. The van der Waals surface area contributed by atoms with Gasteiger partial charge in [-0.15, -0.1) is 0 Å². The normalized spacial score (nSPS) is 15.9. The molecule has 1 fully saturated rings. The van der Waals surface area contributed by atoms with Crippen molar-refractivity contribution in [2.75, 3.05) is 40.0 Å². The predicted octanol–water partition coefficient (Wildman–Crippen LogP) is 3.71. The van der Waals surface area contributed by atoms with Gasteiger partial charge >= 0.3 is 0 Å². The van der Waals surface area contributed by atoms with E-state index in [1.54, 1.807) is 17.9 Å². The summed E-state index contributed by atoms with van der Waals surface area (Å²) < 4.78 is 12.6. The first-order valence-corrected chi connectivity index (χ1v) is 11.4. The molecule has 0 aliphatic carbocycles. The van der Waals surface area contributed by atoms with Gasteiger partial charge in [-0.3, -0.25) is 14.4 Å². The molecule has 1 aromatic heterocycles. The molecule has 0 radical (unpaired) electrons. The minimum absolute atomic E-state index is 0.0567. The van der Waals surface area contributed by atoms with E-state index in [9.17, 15) is 4.79 Å². The highest BCUT2D eigenvalue weighted by atomic mass is 35.5. The van der Waals surface area contributed by atoms with Gasteiger partial charge in [-0.1, -0.05) is 37.6 Å². The van der Waals surface area contributed by atoms with E-state index in [-0.39, 0.29) is 11.9 Å². The SMILES string of the molecule is COc1ccc(C(CNC(=O)/C=C/c2c(C)nn(CC(C)C)c2Cl)N2CCOCC2)cc1. The number of rotatable bonds is 9. The molecule has 32 heavy (non-hydrogen) atoms. The average Bonchev–Trinajstić information content (AvgIpc) is 3.05. The lowest BCUT2D eigenvalue weighted by atomic mass is 10.0. The van der Waals surface area contributed by atoms with Gasteiger partial charge in [0.2, 0.25) is 5.91 Å². The van der Waals surface area contributed by atoms with Gasteiger partial charge in [0.1, 0.15) is 10.9 Å². The van der Waals surface area contributed by atoms with E-state index < -0.39 is 0 Å². The zero-order chi connectivity index (χ0) is 23.1. The van der Waals surface area contributed by atoms with Crippen LogP contribution in [0.5, 0.6) is 5.75 Å². The molecule has 1 amide bonds. The lowest BCUT2D eigenvalue weighted by Gasteiger charge is -2.34. The number of hydrogen-bond acceptors (Lipinski definition) is 5. The Labute approximate surface area is 195 Å². The summed E-state index contributed by atoms with van der Waals surface area (Å²) in [6.45, 7) is 10.4. The van der Waals surface area contributed by atoms with Crippen molar-refractivity contribution in [3.63, 3.8) is 0 Å². The molecule has 0 spiro atoms. The van der Waals surface area contributed by atoms with Gasteiger partial charge in [-0.2, -0.15) is 5.10 Å². The van der Waals surface area contributed by atoms with Crippen LogP contribution in [0.3, 0.4) is 0 Å². The molecule has 3 rings (SSSR count). The molecule has 1 atom stereocenters. The smallest absolute Gasteiger partial charge is 0.244 e. The monoisotopic (exact) mass is 460 g/mol. The number of benzene rings is 1. The van der Waals surface area contributed by atoms with E-state index in [1.807, 2.05) is 31.2 Å². The molecule has 8 heteroatoms. The van der Waals surface area contributed by atoms with Crippen molar-refractivity contribution in [1.82, 2.24) is 20.0 Å². The van der Waals surface area contributed by atoms with Crippen molar-refractivity contribution in [2.24, 2.45) is 5.92 Å². The molecule has 1 N–H and O–H groups in total. The first-order valence-electron chi connectivity index (χ1n) is 11.0. The summed E-state index contributed by atoms with van der Waals surface area (Å²) >= 11 is 6.48. The van der Waals surface area contributed by atoms with E-state index >= 15 is 0 Å². The Morgan fingerprint density at radius 3 is 2.59 bits per heavy atom. The van der Waals surface area contributed by atoms with Crippen LogP contribution in [0.25, 0.3) is 6.08 Å². The molecular formula is C24H33ClN4O3. The number of hydrogen-bond donors (Lipinski definition) is 1. The number of ether oxygens (including phenoxy) is 2. The second-order valence-electron chi connectivity index (χ2n) is 8.38. The molecule has 1 saturated heterocycles. The molecule has 1 aromatic carbocycles. The molecule has 2 aromatic rings. The van der Waals surface area contributed by atoms with Gasteiger partial charge < -0.3 is 14.8 Å². The van der Waals surface area contributed by atoms with Crippen LogP contribution in [0.2, 0.25) is 5.15 Å². The first-order chi connectivity index (χ1) is 15.4. The average molecular weight is 461 g/mol. The lowest BCUT2D eigenvalue weighted by Crippen LogP contribution is -2.43. The Morgan fingerprint density at radius 2 is 1.97 bits per heavy atom. The molecular weight excluding hydrogens is 428 g/mol. The van der Waals surface area contributed by atoms with Crippen LogP contribution in [0, 0.1) is 12.8 Å². The third-order valence-electron chi connectivity index (χ3n) is 5.51. The van der Waals surface area contributed by atoms with Crippen molar-refractivity contribution in [3.8, 4) is 5.75 Å².